The van der Waals surface area contributed by atoms with Gasteiger partial charge < -0.3 is 10.0 Å². The maximum Gasteiger partial charge on any atom is 0.409 e. The summed E-state index contributed by atoms with van der Waals surface area (Å²) in [4.78, 5) is 34.3. The van der Waals surface area contributed by atoms with Crippen LogP contribution in [0.1, 0.15) is 36.5 Å². The van der Waals surface area contributed by atoms with Crippen LogP contribution in [0.25, 0.3) is 16.7 Å². The topological polar surface area (TPSA) is 100 Å². The van der Waals surface area contributed by atoms with Crippen molar-refractivity contribution in [1.29, 1.82) is 0 Å². The van der Waals surface area contributed by atoms with Crippen molar-refractivity contribution < 1.29 is 14.7 Å². The number of fused-ring (bicyclic) bond motifs is 1. The first-order chi connectivity index (χ1) is 14.0. The van der Waals surface area contributed by atoms with Crippen molar-refractivity contribution in [1.82, 2.24) is 19.4 Å². The Morgan fingerprint density at radius 1 is 1.28 bits per heavy atom. The molecule has 0 radical (unpaired) electrons. The molecule has 4 heterocycles. The first kappa shape index (κ1) is 18.9. The molecule has 1 aliphatic rings. The van der Waals surface area contributed by atoms with Crippen LogP contribution in [0.2, 0.25) is 0 Å². The van der Waals surface area contributed by atoms with E-state index >= 15 is 0 Å². The third-order valence-corrected chi connectivity index (χ3v) is 5.41. The molecule has 2 amide bonds. The Labute approximate surface area is 168 Å². The Hall–Kier alpha value is -3.42. The Morgan fingerprint density at radius 3 is 2.93 bits per heavy atom. The minimum Gasteiger partial charge on any atom is -0.465 e. The fourth-order valence-electron chi connectivity index (χ4n) is 3.87. The van der Waals surface area contributed by atoms with Gasteiger partial charge in [0, 0.05) is 30.9 Å². The summed E-state index contributed by atoms with van der Waals surface area (Å²) in [6, 6.07) is 5.44. The van der Waals surface area contributed by atoms with Gasteiger partial charge in [-0.2, -0.15) is 0 Å². The minimum atomic E-state index is -1.15. The summed E-state index contributed by atoms with van der Waals surface area (Å²) in [7, 11) is 0. The highest BCUT2D eigenvalue weighted by Crippen LogP contribution is 2.24. The molecule has 1 aliphatic heterocycles. The number of carbonyl (C=O) groups excluding carboxylic acids is 1. The van der Waals surface area contributed by atoms with Crippen molar-refractivity contribution in [2.75, 3.05) is 18.4 Å². The molecular formula is C21H23N5O3. The first-order valence-corrected chi connectivity index (χ1v) is 9.77. The fraction of sp³-hybridized carbons (Fsp3) is 0.333. The summed E-state index contributed by atoms with van der Waals surface area (Å²) in [6.07, 6.45) is 8.69. The van der Waals surface area contributed by atoms with E-state index in [1.54, 1.807) is 18.5 Å². The first-order valence-electron chi connectivity index (χ1n) is 9.77. The Balaban J connectivity index is 1.61. The standard InChI is InChI=1S/C21H23N5O3/c1-2-14-4-3-6-25(13-14)20(27)16-8-15-5-7-26(19(15)23-10-16)18-9-17(11-22-12-18)24-21(28)29/h5,7-12,14,24H,2-4,6,13H2,1H3,(H,28,29). The van der Waals surface area contributed by atoms with Gasteiger partial charge in [0.1, 0.15) is 5.65 Å². The van der Waals surface area contributed by atoms with Crippen molar-refractivity contribution in [2.24, 2.45) is 5.92 Å². The van der Waals surface area contributed by atoms with E-state index in [1.165, 1.54) is 12.6 Å². The number of nitrogens with zero attached hydrogens (tertiary/aromatic N) is 4. The van der Waals surface area contributed by atoms with Crippen LogP contribution in [-0.4, -0.2) is 49.6 Å². The average Bonchev–Trinajstić information content (AvgIpc) is 3.16. The van der Waals surface area contributed by atoms with Gasteiger partial charge in [-0.15, -0.1) is 0 Å². The Kier molecular flexibility index (Phi) is 5.16. The molecule has 8 heteroatoms. The molecule has 0 spiro atoms. The minimum absolute atomic E-state index is 0.0274. The number of anilines is 1. The maximum absolute atomic E-state index is 12.9. The lowest BCUT2D eigenvalue weighted by Crippen LogP contribution is -2.39. The summed E-state index contributed by atoms with van der Waals surface area (Å²) in [5, 5.41) is 12.0. The summed E-state index contributed by atoms with van der Waals surface area (Å²) in [5.74, 6) is 0.601. The average molecular weight is 393 g/mol. The second kappa shape index (κ2) is 7.90. The number of hydrogen-bond donors (Lipinski definition) is 2. The van der Waals surface area contributed by atoms with Crippen molar-refractivity contribution in [3.63, 3.8) is 0 Å². The highest BCUT2D eigenvalue weighted by molar-refractivity contribution is 5.97. The van der Waals surface area contributed by atoms with E-state index in [0.29, 0.717) is 28.5 Å². The van der Waals surface area contributed by atoms with Crippen LogP contribution in [0.4, 0.5) is 10.5 Å². The molecule has 8 nitrogen and oxygen atoms in total. The number of nitrogens with one attached hydrogen (secondary N) is 1. The lowest BCUT2D eigenvalue weighted by molar-refractivity contribution is 0.0671. The fourth-order valence-corrected chi connectivity index (χ4v) is 3.87. The number of pyridine rings is 2. The van der Waals surface area contributed by atoms with E-state index in [-0.39, 0.29) is 5.91 Å². The molecule has 0 saturated carbocycles. The number of piperidine rings is 1. The molecule has 1 atom stereocenters. The largest absolute Gasteiger partial charge is 0.465 e. The molecule has 29 heavy (non-hydrogen) atoms. The quantitative estimate of drug-likeness (QED) is 0.703. The predicted molar refractivity (Wildman–Crippen MR) is 109 cm³/mol. The van der Waals surface area contributed by atoms with E-state index < -0.39 is 6.09 Å². The van der Waals surface area contributed by atoms with Gasteiger partial charge in [0.15, 0.2) is 0 Å². The molecule has 1 fully saturated rings. The third-order valence-electron chi connectivity index (χ3n) is 5.41. The lowest BCUT2D eigenvalue weighted by atomic mass is 9.95. The molecule has 1 saturated heterocycles. The number of carbonyl (C=O) groups is 2. The van der Waals surface area contributed by atoms with E-state index in [1.807, 2.05) is 27.8 Å². The highest BCUT2D eigenvalue weighted by atomic mass is 16.4. The molecule has 1 unspecified atom stereocenters. The van der Waals surface area contributed by atoms with E-state index in [4.69, 9.17) is 5.11 Å². The van der Waals surface area contributed by atoms with Crippen LogP contribution >= 0.6 is 0 Å². The van der Waals surface area contributed by atoms with E-state index in [9.17, 15) is 9.59 Å². The molecule has 150 valence electrons. The second-order valence-corrected chi connectivity index (χ2v) is 7.35. The molecule has 4 rings (SSSR count). The number of carboxylic acid groups (broad SMARTS) is 1. The van der Waals surface area contributed by atoms with Crippen LogP contribution in [-0.2, 0) is 0 Å². The molecule has 0 bridgehead atoms. The lowest BCUT2D eigenvalue weighted by Gasteiger charge is -2.32. The van der Waals surface area contributed by atoms with Crippen LogP contribution in [0.3, 0.4) is 0 Å². The van der Waals surface area contributed by atoms with Crippen molar-refractivity contribution in [3.05, 3.63) is 48.5 Å². The number of aromatic nitrogens is 3. The number of rotatable bonds is 4. The molecule has 0 aromatic carbocycles. The van der Waals surface area contributed by atoms with Crippen LogP contribution < -0.4 is 5.32 Å². The summed E-state index contributed by atoms with van der Waals surface area (Å²) >= 11 is 0. The van der Waals surface area contributed by atoms with Crippen molar-refractivity contribution >= 4 is 28.7 Å². The summed E-state index contributed by atoms with van der Waals surface area (Å²) in [5.41, 5.74) is 2.33. The monoisotopic (exact) mass is 393 g/mol. The normalized spacial score (nSPS) is 16.7. The molecular weight excluding hydrogens is 370 g/mol. The number of likely N-dealkylation sites (tertiary alicyclic amines) is 1. The third kappa shape index (κ3) is 3.91. The molecule has 3 aromatic heterocycles. The van der Waals surface area contributed by atoms with E-state index in [0.717, 1.165) is 31.3 Å². The van der Waals surface area contributed by atoms with Crippen molar-refractivity contribution in [2.45, 2.75) is 26.2 Å². The zero-order chi connectivity index (χ0) is 20.4. The van der Waals surface area contributed by atoms with Gasteiger partial charge in [-0.05, 0) is 37.0 Å². The van der Waals surface area contributed by atoms with Gasteiger partial charge in [0.25, 0.3) is 5.91 Å². The number of amides is 2. The van der Waals surface area contributed by atoms with Crippen molar-refractivity contribution in [3.8, 4) is 5.69 Å². The van der Waals surface area contributed by atoms with Gasteiger partial charge in [-0.25, -0.2) is 9.78 Å². The zero-order valence-corrected chi connectivity index (χ0v) is 16.2. The molecule has 2 N–H and O–H groups in total. The second-order valence-electron chi connectivity index (χ2n) is 7.35. The predicted octanol–water partition coefficient (Wildman–Crippen LogP) is 3.77. The zero-order valence-electron chi connectivity index (χ0n) is 16.2. The summed E-state index contributed by atoms with van der Waals surface area (Å²) < 4.78 is 1.82. The smallest absolute Gasteiger partial charge is 0.409 e. The highest BCUT2D eigenvalue weighted by Gasteiger charge is 2.24. The van der Waals surface area contributed by atoms with E-state index in [2.05, 4.69) is 22.2 Å². The van der Waals surface area contributed by atoms with Gasteiger partial charge in [-0.1, -0.05) is 13.3 Å². The van der Waals surface area contributed by atoms with Gasteiger partial charge in [-0.3, -0.25) is 19.7 Å². The Morgan fingerprint density at radius 2 is 2.14 bits per heavy atom. The van der Waals surface area contributed by atoms with Gasteiger partial charge >= 0.3 is 6.09 Å². The van der Waals surface area contributed by atoms with Crippen LogP contribution in [0.5, 0.6) is 0 Å². The molecule has 3 aromatic rings. The maximum atomic E-state index is 12.9. The van der Waals surface area contributed by atoms with Crippen LogP contribution in [0.15, 0.2) is 43.0 Å². The van der Waals surface area contributed by atoms with Gasteiger partial charge in [0.05, 0.1) is 29.3 Å². The Bertz CT molecular complexity index is 1060. The number of hydrogen-bond acceptors (Lipinski definition) is 4. The van der Waals surface area contributed by atoms with Crippen LogP contribution in [0, 0.1) is 5.92 Å². The van der Waals surface area contributed by atoms with Gasteiger partial charge in [0.2, 0.25) is 0 Å². The SMILES string of the molecule is CCC1CCCN(C(=O)c2cnc3c(ccn3-c3cncc(NC(=O)O)c3)c2)C1. The summed E-state index contributed by atoms with van der Waals surface area (Å²) in [6.45, 7) is 3.78. The molecule has 0 aliphatic carbocycles.